The van der Waals surface area contributed by atoms with E-state index in [2.05, 4.69) is 0 Å². The Balaban J connectivity index is 2.16. The standard InChI is InChI=1S/C14H12O2/c1-11-5-2-3-6-12(11)8-9-13(15)14-7-4-10-16-14/h2-10H,1H3. The lowest BCUT2D eigenvalue weighted by molar-refractivity contribution is 0.102. The highest BCUT2D eigenvalue weighted by Crippen LogP contribution is 2.10. The molecule has 2 rings (SSSR count). The molecular weight excluding hydrogens is 200 g/mol. The molecule has 1 heterocycles. The highest BCUT2D eigenvalue weighted by atomic mass is 16.3. The number of benzene rings is 1. The molecule has 2 nitrogen and oxygen atoms in total. The lowest BCUT2D eigenvalue weighted by Crippen LogP contribution is -1.90. The molecule has 1 aromatic heterocycles. The summed E-state index contributed by atoms with van der Waals surface area (Å²) in [6.07, 6.45) is 4.83. The molecule has 80 valence electrons. The van der Waals surface area contributed by atoms with Crippen LogP contribution < -0.4 is 0 Å². The van der Waals surface area contributed by atoms with Crippen LogP contribution in [0.5, 0.6) is 0 Å². The van der Waals surface area contributed by atoms with Crippen molar-refractivity contribution in [1.82, 2.24) is 0 Å². The Labute approximate surface area is 94.2 Å². The Kier molecular flexibility index (Phi) is 3.01. The monoisotopic (exact) mass is 212 g/mol. The molecule has 0 aliphatic rings. The quantitative estimate of drug-likeness (QED) is 0.576. The SMILES string of the molecule is Cc1ccccc1C=CC(=O)c1ccco1. The summed E-state index contributed by atoms with van der Waals surface area (Å²) < 4.78 is 5.01. The van der Waals surface area contributed by atoms with Crippen LogP contribution >= 0.6 is 0 Å². The molecule has 0 atom stereocenters. The fraction of sp³-hybridized carbons (Fsp3) is 0.0714. The highest BCUT2D eigenvalue weighted by molar-refractivity contribution is 6.04. The second-order valence-electron chi connectivity index (χ2n) is 3.53. The van der Waals surface area contributed by atoms with E-state index >= 15 is 0 Å². The van der Waals surface area contributed by atoms with Gasteiger partial charge in [-0.15, -0.1) is 0 Å². The zero-order valence-corrected chi connectivity index (χ0v) is 9.01. The molecule has 2 aromatic rings. The van der Waals surface area contributed by atoms with Crippen molar-refractivity contribution in [2.45, 2.75) is 6.92 Å². The highest BCUT2D eigenvalue weighted by Gasteiger charge is 2.03. The summed E-state index contributed by atoms with van der Waals surface area (Å²) in [5, 5.41) is 0. The molecular formula is C14H12O2. The van der Waals surface area contributed by atoms with Gasteiger partial charge in [-0.25, -0.2) is 0 Å². The van der Waals surface area contributed by atoms with E-state index in [1.54, 1.807) is 18.2 Å². The molecule has 0 fully saturated rings. The summed E-state index contributed by atoms with van der Waals surface area (Å²) in [5.41, 5.74) is 2.19. The van der Waals surface area contributed by atoms with Gasteiger partial charge >= 0.3 is 0 Å². The first-order chi connectivity index (χ1) is 7.77. The Morgan fingerprint density at radius 3 is 2.69 bits per heavy atom. The van der Waals surface area contributed by atoms with E-state index in [4.69, 9.17) is 4.42 Å². The average Bonchev–Trinajstić information content (AvgIpc) is 2.81. The molecule has 0 saturated heterocycles. The zero-order chi connectivity index (χ0) is 11.4. The van der Waals surface area contributed by atoms with Crippen molar-refractivity contribution in [3.8, 4) is 0 Å². The fourth-order valence-corrected chi connectivity index (χ4v) is 1.44. The van der Waals surface area contributed by atoms with Crippen molar-refractivity contribution in [3.05, 3.63) is 65.6 Å². The van der Waals surface area contributed by atoms with Crippen LogP contribution in [0.2, 0.25) is 0 Å². The van der Waals surface area contributed by atoms with Crippen LogP contribution in [0.15, 0.2) is 53.2 Å². The summed E-state index contributed by atoms with van der Waals surface area (Å²) in [4.78, 5) is 11.6. The normalized spacial score (nSPS) is 10.8. The minimum absolute atomic E-state index is 0.117. The summed E-state index contributed by atoms with van der Waals surface area (Å²) in [7, 11) is 0. The second kappa shape index (κ2) is 4.62. The molecule has 0 unspecified atom stereocenters. The number of allylic oxidation sites excluding steroid dienone is 1. The number of carbonyl (C=O) groups is 1. The average molecular weight is 212 g/mol. The van der Waals surface area contributed by atoms with Crippen LogP contribution in [0.1, 0.15) is 21.7 Å². The zero-order valence-electron chi connectivity index (χ0n) is 9.01. The number of rotatable bonds is 3. The number of ketones is 1. The maximum atomic E-state index is 11.6. The minimum Gasteiger partial charge on any atom is -0.461 e. The van der Waals surface area contributed by atoms with Crippen molar-refractivity contribution in [2.24, 2.45) is 0 Å². The summed E-state index contributed by atoms with van der Waals surface area (Å²) >= 11 is 0. The van der Waals surface area contributed by atoms with Crippen molar-refractivity contribution in [2.75, 3.05) is 0 Å². The Hall–Kier alpha value is -2.09. The molecule has 0 spiro atoms. The molecule has 0 amide bonds. The van der Waals surface area contributed by atoms with Gasteiger partial charge in [0.2, 0.25) is 5.78 Å². The lowest BCUT2D eigenvalue weighted by atomic mass is 10.1. The first kappa shape index (κ1) is 10.4. The third-order valence-corrected chi connectivity index (χ3v) is 2.37. The van der Waals surface area contributed by atoms with Crippen molar-refractivity contribution in [3.63, 3.8) is 0 Å². The lowest BCUT2D eigenvalue weighted by Gasteiger charge is -1.97. The smallest absolute Gasteiger partial charge is 0.221 e. The van der Waals surface area contributed by atoms with Gasteiger partial charge in [-0.05, 0) is 36.3 Å². The molecule has 1 aromatic carbocycles. The third-order valence-electron chi connectivity index (χ3n) is 2.37. The van der Waals surface area contributed by atoms with Crippen LogP contribution in [0.25, 0.3) is 6.08 Å². The predicted molar refractivity (Wildman–Crippen MR) is 63.3 cm³/mol. The largest absolute Gasteiger partial charge is 0.461 e. The van der Waals surface area contributed by atoms with E-state index in [0.717, 1.165) is 11.1 Å². The van der Waals surface area contributed by atoms with Gasteiger partial charge in [0.1, 0.15) is 0 Å². The van der Waals surface area contributed by atoms with Crippen LogP contribution in [0.3, 0.4) is 0 Å². The van der Waals surface area contributed by atoms with Crippen molar-refractivity contribution < 1.29 is 9.21 Å². The van der Waals surface area contributed by atoms with E-state index in [9.17, 15) is 4.79 Å². The van der Waals surface area contributed by atoms with Gasteiger partial charge in [-0.2, -0.15) is 0 Å². The summed E-state index contributed by atoms with van der Waals surface area (Å²) in [6, 6.07) is 11.3. The van der Waals surface area contributed by atoms with Crippen LogP contribution in [0, 0.1) is 6.92 Å². The first-order valence-corrected chi connectivity index (χ1v) is 5.09. The maximum absolute atomic E-state index is 11.6. The van der Waals surface area contributed by atoms with E-state index in [1.807, 2.05) is 31.2 Å². The van der Waals surface area contributed by atoms with Gasteiger partial charge in [0.05, 0.1) is 6.26 Å². The number of hydrogen-bond donors (Lipinski definition) is 0. The molecule has 0 aliphatic heterocycles. The third kappa shape index (κ3) is 2.28. The Bertz CT molecular complexity index is 507. The van der Waals surface area contributed by atoms with Crippen molar-refractivity contribution in [1.29, 1.82) is 0 Å². The van der Waals surface area contributed by atoms with E-state index in [1.165, 1.54) is 12.3 Å². The predicted octanol–water partition coefficient (Wildman–Crippen LogP) is 3.48. The van der Waals surface area contributed by atoms with Gasteiger partial charge in [0.25, 0.3) is 0 Å². The van der Waals surface area contributed by atoms with Gasteiger partial charge in [0.15, 0.2) is 5.76 Å². The maximum Gasteiger partial charge on any atom is 0.221 e. The topological polar surface area (TPSA) is 30.2 Å². The minimum atomic E-state index is -0.117. The van der Waals surface area contributed by atoms with E-state index < -0.39 is 0 Å². The second-order valence-corrected chi connectivity index (χ2v) is 3.53. The Morgan fingerprint density at radius 1 is 1.19 bits per heavy atom. The number of hydrogen-bond acceptors (Lipinski definition) is 2. The van der Waals surface area contributed by atoms with Crippen molar-refractivity contribution >= 4 is 11.9 Å². The first-order valence-electron chi connectivity index (χ1n) is 5.09. The molecule has 2 heteroatoms. The van der Waals surface area contributed by atoms with Gasteiger partial charge < -0.3 is 4.42 Å². The van der Waals surface area contributed by atoms with Gasteiger partial charge in [0, 0.05) is 0 Å². The molecule has 0 aliphatic carbocycles. The molecule has 0 N–H and O–H groups in total. The molecule has 16 heavy (non-hydrogen) atoms. The van der Waals surface area contributed by atoms with Crippen LogP contribution in [-0.2, 0) is 0 Å². The summed E-state index contributed by atoms with van der Waals surface area (Å²) in [6.45, 7) is 2.01. The Morgan fingerprint density at radius 2 is 2.00 bits per heavy atom. The van der Waals surface area contributed by atoms with Gasteiger partial charge in [-0.3, -0.25) is 4.79 Å². The fourth-order valence-electron chi connectivity index (χ4n) is 1.44. The molecule has 0 saturated carbocycles. The number of furan rings is 1. The molecule has 0 bridgehead atoms. The van der Waals surface area contributed by atoms with E-state index in [-0.39, 0.29) is 5.78 Å². The van der Waals surface area contributed by atoms with E-state index in [0.29, 0.717) is 5.76 Å². The number of aryl methyl sites for hydroxylation is 1. The van der Waals surface area contributed by atoms with Crippen LogP contribution in [-0.4, -0.2) is 5.78 Å². The summed E-state index contributed by atoms with van der Waals surface area (Å²) in [5.74, 6) is 0.248. The van der Waals surface area contributed by atoms with Gasteiger partial charge in [-0.1, -0.05) is 30.3 Å². The molecule has 0 radical (unpaired) electrons. The van der Waals surface area contributed by atoms with Crippen LogP contribution in [0.4, 0.5) is 0 Å². The number of carbonyl (C=O) groups excluding carboxylic acids is 1.